The first kappa shape index (κ1) is 9.98. The highest BCUT2D eigenvalue weighted by molar-refractivity contribution is 6.38. The number of esters is 1. The minimum Gasteiger partial charge on any atom is -0.461 e. The maximum absolute atomic E-state index is 11.0. The molecule has 1 aliphatic heterocycles. The summed E-state index contributed by atoms with van der Waals surface area (Å²) < 4.78 is 4.74. The number of hydrogen-bond donors (Lipinski definition) is 1. The zero-order chi connectivity index (χ0) is 10.7. The van der Waals surface area contributed by atoms with Gasteiger partial charge in [0.05, 0.1) is 12.3 Å². The second kappa shape index (κ2) is 4.31. The minimum absolute atomic E-state index is 0.350. The fourth-order valence-corrected chi connectivity index (χ4v) is 1.31. The molecule has 0 amide bonds. The summed E-state index contributed by atoms with van der Waals surface area (Å²) in [4.78, 5) is 11.0. The van der Waals surface area contributed by atoms with E-state index < -0.39 is 0 Å². The monoisotopic (exact) mass is 224 g/mol. The van der Waals surface area contributed by atoms with E-state index in [-0.39, 0.29) is 5.97 Å². The van der Waals surface area contributed by atoms with Crippen LogP contribution in [-0.2, 0) is 9.53 Å². The van der Waals surface area contributed by atoms with E-state index in [9.17, 15) is 4.79 Å². The molecule has 1 N–H and O–H groups in total. The van der Waals surface area contributed by atoms with Gasteiger partial charge in [0.1, 0.15) is 5.71 Å². The average molecular weight is 225 g/mol. The van der Waals surface area contributed by atoms with Crippen LogP contribution in [0.1, 0.15) is 6.42 Å². The van der Waals surface area contributed by atoms with Crippen LogP contribution in [0.15, 0.2) is 29.4 Å². The summed E-state index contributed by atoms with van der Waals surface area (Å²) in [6.45, 7) is 0.417. The molecular formula is C10H9ClN2O2. The highest BCUT2D eigenvalue weighted by Crippen LogP contribution is 2.13. The number of ether oxygens (including phenoxy) is 1. The third-order valence-electron chi connectivity index (χ3n) is 1.97. The van der Waals surface area contributed by atoms with E-state index in [1.54, 1.807) is 24.3 Å². The van der Waals surface area contributed by atoms with E-state index in [0.717, 1.165) is 5.69 Å². The van der Waals surface area contributed by atoms with E-state index in [0.29, 0.717) is 23.8 Å². The molecule has 1 heterocycles. The van der Waals surface area contributed by atoms with Crippen molar-refractivity contribution in [3.63, 3.8) is 0 Å². The molecule has 78 valence electrons. The summed E-state index contributed by atoms with van der Waals surface area (Å²) in [5, 5.41) is 4.61. The summed E-state index contributed by atoms with van der Waals surface area (Å²) in [6, 6.07) is 7.06. The summed E-state index contributed by atoms with van der Waals surface area (Å²) in [5.41, 5.74) is 3.98. The van der Waals surface area contributed by atoms with Crippen molar-refractivity contribution >= 4 is 29.0 Å². The summed E-state index contributed by atoms with van der Waals surface area (Å²) in [6.07, 6.45) is 0.555. The van der Waals surface area contributed by atoms with Crippen molar-refractivity contribution < 1.29 is 9.53 Å². The van der Waals surface area contributed by atoms with Gasteiger partial charge in [-0.25, -0.2) is 4.79 Å². The maximum Gasteiger partial charge on any atom is 0.354 e. The van der Waals surface area contributed by atoms with Crippen LogP contribution in [0.25, 0.3) is 0 Å². The van der Waals surface area contributed by atoms with Gasteiger partial charge < -0.3 is 4.74 Å². The normalized spacial score (nSPS) is 17.9. The van der Waals surface area contributed by atoms with Crippen LogP contribution in [0.2, 0.25) is 5.02 Å². The van der Waals surface area contributed by atoms with Crippen LogP contribution in [-0.4, -0.2) is 18.3 Å². The molecule has 0 atom stereocenters. The fraction of sp³-hybridized carbons (Fsp3) is 0.200. The van der Waals surface area contributed by atoms with Gasteiger partial charge >= 0.3 is 5.97 Å². The average Bonchev–Trinajstić information content (AvgIpc) is 2.63. The smallest absolute Gasteiger partial charge is 0.354 e. The van der Waals surface area contributed by atoms with Crippen molar-refractivity contribution in [1.82, 2.24) is 0 Å². The Morgan fingerprint density at radius 1 is 1.33 bits per heavy atom. The lowest BCUT2D eigenvalue weighted by Crippen LogP contribution is -2.08. The SMILES string of the molecule is O=C1OCC/C1=N\Nc1ccc(Cl)cc1. The van der Waals surface area contributed by atoms with Crippen molar-refractivity contribution in [2.75, 3.05) is 12.0 Å². The van der Waals surface area contributed by atoms with Gasteiger partial charge in [-0.15, -0.1) is 0 Å². The number of carbonyl (C=O) groups is 1. The maximum atomic E-state index is 11.0. The Morgan fingerprint density at radius 2 is 2.07 bits per heavy atom. The molecule has 1 saturated heterocycles. The lowest BCUT2D eigenvalue weighted by Gasteiger charge is -2.00. The Morgan fingerprint density at radius 3 is 2.67 bits per heavy atom. The van der Waals surface area contributed by atoms with Crippen LogP contribution in [0, 0.1) is 0 Å². The predicted molar refractivity (Wildman–Crippen MR) is 58.1 cm³/mol. The second-order valence-electron chi connectivity index (χ2n) is 3.06. The number of hydrogen-bond acceptors (Lipinski definition) is 4. The number of hydrazone groups is 1. The highest BCUT2D eigenvalue weighted by atomic mass is 35.5. The molecule has 1 aromatic rings. The van der Waals surface area contributed by atoms with Crippen LogP contribution in [0.5, 0.6) is 0 Å². The van der Waals surface area contributed by atoms with Gasteiger partial charge in [-0.3, -0.25) is 5.43 Å². The molecule has 0 aliphatic carbocycles. The molecule has 1 aromatic carbocycles. The molecule has 0 saturated carbocycles. The Balaban J connectivity index is 2.03. The zero-order valence-electron chi connectivity index (χ0n) is 7.87. The van der Waals surface area contributed by atoms with Crippen LogP contribution >= 0.6 is 11.6 Å². The highest BCUT2D eigenvalue weighted by Gasteiger charge is 2.20. The standard InChI is InChI=1S/C10H9ClN2O2/c11-7-1-3-8(4-2-7)12-13-9-5-6-15-10(9)14/h1-4,12H,5-6H2/b13-9+. The van der Waals surface area contributed by atoms with Crippen molar-refractivity contribution in [3.8, 4) is 0 Å². The van der Waals surface area contributed by atoms with Crippen molar-refractivity contribution in [3.05, 3.63) is 29.3 Å². The van der Waals surface area contributed by atoms with Crippen LogP contribution in [0.3, 0.4) is 0 Å². The van der Waals surface area contributed by atoms with Crippen LogP contribution < -0.4 is 5.43 Å². The fourth-order valence-electron chi connectivity index (χ4n) is 1.18. The molecule has 1 aliphatic rings. The molecule has 15 heavy (non-hydrogen) atoms. The molecule has 5 heteroatoms. The van der Waals surface area contributed by atoms with Gasteiger partial charge in [-0.05, 0) is 24.3 Å². The minimum atomic E-state index is -0.350. The molecule has 0 bridgehead atoms. The molecule has 0 spiro atoms. The first-order valence-corrected chi connectivity index (χ1v) is 4.89. The Labute approximate surface area is 91.9 Å². The van der Waals surface area contributed by atoms with Crippen LogP contribution in [0.4, 0.5) is 5.69 Å². The van der Waals surface area contributed by atoms with E-state index in [2.05, 4.69) is 10.5 Å². The number of cyclic esters (lactones) is 1. The lowest BCUT2D eigenvalue weighted by atomic mass is 10.3. The van der Waals surface area contributed by atoms with E-state index in [4.69, 9.17) is 16.3 Å². The topological polar surface area (TPSA) is 50.7 Å². The van der Waals surface area contributed by atoms with E-state index in [1.165, 1.54) is 0 Å². The van der Waals surface area contributed by atoms with E-state index >= 15 is 0 Å². The summed E-state index contributed by atoms with van der Waals surface area (Å²) in [7, 11) is 0. The first-order chi connectivity index (χ1) is 7.25. The van der Waals surface area contributed by atoms with Crippen molar-refractivity contribution in [2.24, 2.45) is 5.10 Å². The van der Waals surface area contributed by atoms with Gasteiger partial charge in [0.15, 0.2) is 0 Å². The third-order valence-corrected chi connectivity index (χ3v) is 2.22. The van der Waals surface area contributed by atoms with Gasteiger partial charge in [-0.2, -0.15) is 5.10 Å². The zero-order valence-corrected chi connectivity index (χ0v) is 8.62. The third kappa shape index (κ3) is 2.47. The molecule has 2 rings (SSSR count). The van der Waals surface area contributed by atoms with Gasteiger partial charge in [0.2, 0.25) is 0 Å². The number of carbonyl (C=O) groups excluding carboxylic acids is 1. The van der Waals surface area contributed by atoms with Crippen molar-refractivity contribution in [2.45, 2.75) is 6.42 Å². The number of anilines is 1. The molecule has 1 fully saturated rings. The number of benzene rings is 1. The Kier molecular flexibility index (Phi) is 2.87. The molecule has 0 radical (unpaired) electrons. The first-order valence-electron chi connectivity index (χ1n) is 4.51. The molecular weight excluding hydrogens is 216 g/mol. The predicted octanol–water partition coefficient (Wildman–Crippen LogP) is 2.05. The lowest BCUT2D eigenvalue weighted by molar-refractivity contribution is -0.132. The second-order valence-corrected chi connectivity index (χ2v) is 3.50. The molecule has 0 aromatic heterocycles. The summed E-state index contributed by atoms with van der Waals surface area (Å²) in [5.74, 6) is -0.350. The largest absolute Gasteiger partial charge is 0.461 e. The number of nitrogens with one attached hydrogen (secondary N) is 1. The molecule has 4 nitrogen and oxygen atoms in total. The quantitative estimate of drug-likeness (QED) is 0.618. The number of nitrogens with zero attached hydrogens (tertiary/aromatic N) is 1. The Hall–Kier alpha value is -1.55. The Bertz CT molecular complexity index is 400. The van der Waals surface area contributed by atoms with Crippen molar-refractivity contribution in [1.29, 1.82) is 0 Å². The van der Waals surface area contributed by atoms with Gasteiger partial charge in [-0.1, -0.05) is 11.6 Å². The van der Waals surface area contributed by atoms with E-state index in [1.807, 2.05) is 0 Å². The summed E-state index contributed by atoms with van der Waals surface area (Å²) >= 11 is 5.72. The number of halogens is 1. The van der Waals surface area contributed by atoms with Gasteiger partial charge in [0.25, 0.3) is 0 Å². The molecule has 0 unspecified atom stereocenters. The number of rotatable bonds is 2. The van der Waals surface area contributed by atoms with Gasteiger partial charge in [0, 0.05) is 11.4 Å².